The van der Waals surface area contributed by atoms with E-state index in [1.54, 1.807) is 0 Å². The second-order valence-electron chi connectivity index (χ2n) is 8.65. The molecule has 0 radical (unpaired) electrons. The SMILES string of the molecule is CCn1c(CNC(=O)COc2c(C)cccc2C)nnc1SCC(=O)N[C@H]1CCCC[C@@H]1C. The first-order valence-corrected chi connectivity index (χ1v) is 12.7. The van der Waals surface area contributed by atoms with E-state index in [4.69, 9.17) is 4.74 Å². The zero-order valence-electron chi connectivity index (χ0n) is 20.0. The number of benzene rings is 1. The lowest BCUT2D eigenvalue weighted by Crippen LogP contribution is -2.41. The quantitative estimate of drug-likeness (QED) is 0.513. The van der Waals surface area contributed by atoms with Gasteiger partial charge in [-0.15, -0.1) is 10.2 Å². The molecule has 3 rings (SSSR count). The predicted molar refractivity (Wildman–Crippen MR) is 129 cm³/mol. The van der Waals surface area contributed by atoms with Crippen LogP contribution in [0.1, 0.15) is 56.5 Å². The van der Waals surface area contributed by atoms with Gasteiger partial charge in [0.1, 0.15) is 5.75 Å². The first-order valence-electron chi connectivity index (χ1n) is 11.7. The van der Waals surface area contributed by atoms with Crippen LogP contribution in [0.3, 0.4) is 0 Å². The Kier molecular flexibility index (Phi) is 9.17. The molecule has 0 aliphatic heterocycles. The Bertz CT molecular complexity index is 941. The number of rotatable bonds is 10. The highest BCUT2D eigenvalue weighted by Gasteiger charge is 2.23. The van der Waals surface area contributed by atoms with Crippen LogP contribution in [0.25, 0.3) is 0 Å². The number of carbonyl (C=O) groups is 2. The molecule has 8 nitrogen and oxygen atoms in total. The van der Waals surface area contributed by atoms with Gasteiger partial charge in [0.2, 0.25) is 5.91 Å². The molecule has 0 bridgehead atoms. The van der Waals surface area contributed by atoms with Gasteiger partial charge in [-0.2, -0.15) is 0 Å². The van der Waals surface area contributed by atoms with Crippen LogP contribution in [0.5, 0.6) is 5.75 Å². The second kappa shape index (κ2) is 12.1. The number of nitrogens with one attached hydrogen (secondary N) is 2. The maximum Gasteiger partial charge on any atom is 0.258 e. The van der Waals surface area contributed by atoms with Crippen LogP contribution in [-0.2, 0) is 22.7 Å². The lowest BCUT2D eigenvalue weighted by atomic mass is 9.86. The average molecular weight is 474 g/mol. The fourth-order valence-electron chi connectivity index (χ4n) is 4.18. The lowest BCUT2D eigenvalue weighted by Gasteiger charge is -2.29. The summed E-state index contributed by atoms with van der Waals surface area (Å²) >= 11 is 1.38. The van der Waals surface area contributed by atoms with E-state index in [0.717, 1.165) is 23.3 Å². The van der Waals surface area contributed by atoms with Crippen molar-refractivity contribution in [2.24, 2.45) is 5.92 Å². The Labute approximate surface area is 200 Å². The molecule has 1 heterocycles. The third-order valence-electron chi connectivity index (χ3n) is 6.10. The van der Waals surface area contributed by atoms with Gasteiger partial charge in [-0.3, -0.25) is 9.59 Å². The van der Waals surface area contributed by atoms with E-state index >= 15 is 0 Å². The van der Waals surface area contributed by atoms with E-state index < -0.39 is 0 Å². The molecule has 0 saturated heterocycles. The molecule has 2 N–H and O–H groups in total. The summed E-state index contributed by atoms with van der Waals surface area (Å²) in [6.45, 7) is 8.96. The molecule has 1 saturated carbocycles. The smallest absolute Gasteiger partial charge is 0.258 e. The molecule has 1 aliphatic carbocycles. The summed E-state index contributed by atoms with van der Waals surface area (Å²) in [4.78, 5) is 24.7. The molecular weight excluding hydrogens is 438 g/mol. The third kappa shape index (κ3) is 6.96. The third-order valence-corrected chi connectivity index (χ3v) is 7.07. The van der Waals surface area contributed by atoms with Crippen molar-refractivity contribution >= 4 is 23.6 Å². The van der Waals surface area contributed by atoms with Gasteiger partial charge in [0.05, 0.1) is 12.3 Å². The minimum absolute atomic E-state index is 0.0305. The van der Waals surface area contributed by atoms with Gasteiger partial charge in [0.25, 0.3) is 5.91 Å². The first kappa shape index (κ1) is 25.1. The van der Waals surface area contributed by atoms with Gasteiger partial charge in [-0.05, 0) is 50.7 Å². The first-order chi connectivity index (χ1) is 15.9. The predicted octanol–water partition coefficient (Wildman–Crippen LogP) is 3.40. The number of aryl methyl sites for hydroxylation is 2. The molecule has 2 atom stereocenters. The Morgan fingerprint density at radius 2 is 1.88 bits per heavy atom. The van der Waals surface area contributed by atoms with Crippen molar-refractivity contribution in [3.05, 3.63) is 35.2 Å². The molecule has 1 aromatic heterocycles. The zero-order chi connectivity index (χ0) is 23.8. The number of hydrogen-bond acceptors (Lipinski definition) is 6. The molecule has 33 heavy (non-hydrogen) atoms. The highest BCUT2D eigenvalue weighted by molar-refractivity contribution is 7.99. The number of carbonyl (C=O) groups excluding carboxylic acids is 2. The largest absolute Gasteiger partial charge is 0.483 e. The van der Waals surface area contributed by atoms with Crippen molar-refractivity contribution < 1.29 is 14.3 Å². The summed E-state index contributed by atoms with van der Waals surface area (Å²) in [5, 5.41) is 15.1. The number of nitrogens with zero attached hydrogens (tertiary/aromatic N) is 3. The van der Waals surface area contributed by atoms with Crippen molar-refractivity contribution in [3.8, 4) is 5.75 Å². The van der Waals surface area contributed by atoms with Gasteiger partial charge in [-0.25, -0.2) is 0 Å². The van der Waals surface area contributed by atoms with Gasteiger partial charge in [-0.1, -0.05) is 49.7 Å². The van der Waals surface area contributed by atoms with Crippen LogP contribution in [-0.4, -0.2) is 45.0 Å². The minimum Gasteiger partial charge on any atom is -0.483 e. The van der Waals surface area contributed by atoms with E-state index in [9.17, 15) is 9.59 Å². The van der Waals surface area contributed by atoms with Crippen molar-refractivity contribution in [1.29, 1.82) is 0 Å². The van der Waals surface area contributed by atoms with Gasteiger partial charge < -0.3 is 19.9 Å². The molecule has 180 valence electrons. The van der Waals surface area contributed by atoms with Crippen molar-refractivity contribution in [2.75, 3.05) is 12.4 Å². The molecule has 0 spiro atoms. The molecule has 2 amide bonds. The van der Waals surface area contributed by atoms with Crippen molar-refractivity contribution in [2.45, 2.75) is 77.7 Å². The average Bonchev–Trinajstić information content (AvgIpc) is 3.19. The number of thioether (sulfide) groups is 1. The normalized spacial score (nSPS) is 18.1. The fraction of sp³-hybridized carbons (Fsp3) is 0.583. The number of para-hydroxylation sites is 1. The Morgan fingerprint density at radius 3 is 2.58 bits per heavy atom. The summed E-state index contributed by atoms with van der Waals surface area (Å²) in [5.74, 6) is 2.03. The highest BCUT2D eigenvalue weighted by atomic mass is 32.2. The standard InChI is InChI=1S/C24H35N5O3S/c1-5-29-20(13-25-21(30)14-32-23-17(3)10-8-11-18(23)4)27-28-24(29)33-15-22(31)26-19-12-7-6-9-16(19)2/h8,10-11,16,19H,5-7,9,12-15H2,1-4H3,(H,25,30)(H,26,31)/t16-,19-/m0/s1. The van der Waals surface area contributed by atoms with Crippen LogP contribution in [0, 0.1) is 19.8 Å². The Morgan fingerprint density at radius 1 is 1.15 bits per heavy atom. The van der Waals surface area contributed by atoms with Crippen LogP contribution in [0.2, 0.25) is 0 Å². The fourth-order valence-corrected chi connectivity index (χ4v) is 5.01. The monoisotopic (exact) mass is 473 g/mol. The maximum atomic E-state index is 12.4. The van der Waals surface area contributed by atoms with Gasteiger partial charge in [0.15, 0.2) is 17.6 Å². The summed E-state index contributed by atoms with van der Waals surface area (Å²) in [7, 11) is 0. The van der Waals surface area contributed by atoms with Crippen molar-refractivity contribution in [3.63, 3.8) is 0 Å². The number of amides is 2. The van der Waals surface area contributed by atoms with Crippen molar-refractivity contribution in [1.82, 2.24) is 25.4 Å². The minimum atomic E-state index is -0.224. The summed E-state index contributed by atoms with van der Waals surface area (Å²) in [6.07, 6.45) is 4.66. The summed E-state index contributed by atoms with van der Waals surface area (Å²) in [5.41, 5.74) is 1.99. The van der Waals surface area contributed by atoms with Crippen LogP contribution in [0.15, 0.2) is 23.4 Å². The zero-order valence-corrected chi connectivity index (χ0v) is 20.8. The maximum absolute atomic E-state index is 12.4. The molecule has 0 unspecified atom stereocenters. The Hall–Kier alpha value is -2.55. The lowest BCUT2D eigenvalue weighted by molar-refractivity contribution is -0.123. The summed E-state index contributed by atoms with van der Waals surface area (Å²) < 4.78 is 7.64. The number of aromatic nitrogens is 3. The molecular formula is C24H35N5O3S. The van der Waals surface area contributed by atoms with Crippen LogP contribution >= 0.6 is 11.8 Å². The molecule has 1 fully saturated rings. The highest BCUT2D eigenvalue weighted by Crippen LogP contribution is 2.24. The Balaban J connectivity index is 1.47. The van der Waals surface area contributed by atoms with Crippen LogP contribution < -0.4 is 15.4 Å². The van der Waals surface area contributed by atoms with E-state index in [-0.39, 0.29) is 31.0 Å². The molecule has 1 aromatic carbocycles. The second-order valence-corrected chi connectivity index (χ2v) is 9.60. The van der Waals surface area contributed by atoms with E-state index in [1.165, 1.54) is 31.0 Å². The van der Waals surface area contributed by atoms with E-state index in [2.05, 4.69) is 27.8 Å². The van der Waals surface area contributed by atoms with E-state index in [1.807, 2.05) is 43.5 Å². The molecule has 2 aromatic rings. The summed E-state index contributed by atoms with van der Waals surface area (Å²) in [6, 6.07) is 6.15. The van der Waals surface area contributed by atoms with Gasteiger partial charge in [0, 0.05) is 12.6 Å². The van der Waals surface area contributed by atoms with E-state index in [0.29, 0.717) is 29.2 Å². The topological polar surface area (TPSA) is 98.1 Å². The van der Waals surface area contributed by atoms with Crippen LogP contribution in [0.4, 0.5) is 0 Å². The molecule has 1 aliphatic rings. The van der Waals surface area contributed by atoms with Gasteiger partial charge >= 0.3 is 0 Å². The number of hydrogen-bond donors (Lipinski definition) is 2. The number of ether oxygens (including phenoxy) is 1. The molecule has 9 heteroatoms.